The molecular weight excluding hydrogens is 319 g/mol. The number of rotatable bonds is 4. The molecule has 3 nitrogen and oxygen atoms in total. The molecule has 128 valence electrons. The molecule has 2 N–H and O–H groups in total. The number of ether oxygens (including phenoxy) is 2. The first kappa shape index (κ1) is 16.8. The third-order valence-corrected chi connectivity index (χ3v) is 4.02. The van der Waals surface area contributed by atoms with Crippen LogP contribution in [0.2, 0.25) is 0 Å². The molecule has 2 atom stereocenters. The molecule has 6 heteroatoms. The Morgan fingerprint density at radius 2 is 1.79 bits per heavy atom. The first-order valence-electron chi connectivity index (χ1n) is 7.76. The van der Waals surface area contributed by atoms with Crippen LogP contribution in [0.4, 0.5) is 13.2 Å². The second-order valence-corrected chi connectivity index (χ2v) is 5.76. The Bertz CT molecular complexity index is 685. The normalized spacial score (nSPS) is 21.0. The number of nitrogens with two attached hydrogens (primary N) is 1. The van der Waals surface area contributed by atoms with Gasteiger partial charge in [0.25, 0.3) is 0 Å². The summed E-state index contributed by atoms with van der Waals surface area (Å²) in [7, 11) is 0. The highest BCUT2D eigenvalue weighted by atomic mass is 19.4. The van der Waals surface area contributed by atoms with E-state index in [2.05, 4.69) is 0 Å². The van der Waals surface area contributed by atoms with Gasteiger partial charge in [0, 0.05) is 6.54 Å². The van der Waals surface area contributed by atoms with E-state index in [-0.39, 0.29) is 12.2 Å². The third kappa shape index (κ3) is 3.88. The van der Waals surface area contributed by atoms with Crippen LogP contribution in [0.25, 0.3) is 0 Å². The van der Waals surface area contributed by atoms with Crippen LogP contribution in [-0.2, 0) is 10.9 Å². The van der Waals surface area contributed by atoms with Crippen molar-refractivity contribution in [2.24, 2.45) is 5.73 Å². The van der Waals surface area contributed by atoms with Gasteiger partial charge < -0.3 is 15.2 Å². The molecule has 2 unspecified atom stereocenters. The van der Waals surface area contributed by atoms with E-state index >= 15 is 0 Å². The zero-order valence-electron chi connectivity index (χ0n) is 12.9. The highest BCUT2D eigenvalue weighted by Gasteiger charge is 2.30. The Labute approximate surface area is 138 Å². The minimum Gasteiger partial charge on any atom is -0.457 e. The lowest BCUT2D eigenvalue weighted by Gasteiger charge is -2.14. The molecule has 2 aromatic carbocycles. The summed E-state index contributed by atoms with van der Waals surface area (Å²) in [6.07, 6.45) is -2.47. The van der Waals surface area contributed by atoms with Crippen LogP contribution in [0.3, 0.4) is 0 Å². The van der Waals surface area contributed by atoms with E-state index in [1.165, 1.54) is 12.1 Å². The van der Waals surface area contributed by atoms with Gasteiger partial charge in [-0.05, 0) is 54.8 Å². The van der Waals surface area contributed by atoms with E-state index in [0.717, 1.165) is 30.5 Å². The molecule has 3 rings (SSSR count). The predicted molar refractivity (Wildman–Crippen MR) is 83.9 cm³/mol. The molecule has 1 aliphatic heterocycles. The van der Waals surface area contributed by atoms with E-state index in [1.807, 2.05) is 18.2 Å². The first-order valence-corrected chi connectivity index (χ1v) is 7.76. The van der Waals surface area contributed by atoms with Crippen molar-refractivity contribution < 1.29 is 22.6 Å². The van der Waals surface area contributed by atoms with Crippen LogP contribution in [0, 0.1) is 0 Å². The lowest BCUT2D eigenvalue weighted by molar-refractivity contribution is -0.137. The Hall–Kier alpha value is -2.05. The predicted octanol–water partition coefficient (Wildman–Crippen LogP) is 4.68. The quantitative estimate of drug-likeness (QED) is 0.881. The van der Waals surface area contributed by atoms with E-state index < -0.39 is 11.7 Å². The second-order valence-electron chi connectivity index (χ2n) is 5.76. The molecule has 1 aliphatic rings. The zero-order valence-corrected chi connectivity index (χ0v) is 12.9. The van der Waals surface area contributed by atoms with E-state index in [4.69, 9.17) is 15.2 Å². The van der Waals surface area contributed by atoms with E-state index in [9.17, 15) is 13.2 Å². The number of halogens is 3. The molecule has 1 heterocycles. The van der Waals surface area contributed by atoms with Gasteiger partial charge in [-0.1, -0.05) is 12.1 Å². The minimum atomic E-state index is -4.35. The monoisotopic (exact) mass is 337 g/mol. The number of benzene rings is 2. The average molecular weight is 337 g/mol. The van der Waals surface area contributed by atoms with Gasteiger partial charge in [-0.3, -0.25) is 0 Å². The SMILES string of the molecule is NCC1CCC(c2cccc(Oc3ccc(C(F)(F)F)cc3)c2)O1. The smallest absolute Gasteiger partial charge is 0.416 e. The largest absolute Gasteiger partial charge is 0.457 e. The van der Waals surface area contributed by atoms with Crippen LogP contribution in [0.15, 0.2) is 48.5 Å². The summed E-state index contributed by atoms with van der Waals surface area (Å²) in [6, 6.07) is 12.0. The Morgan fingerprint density at radius 3 is 2.42 bits per heavy atom. The summed E-state index contributed by atoms with van der Waals surface area (Å²) in [5.41, 5.74) is 5.90. The average Bonchev–Trinajstić information content (AvgIpc) is 3.04. The Kier molecular flexibility index (Phi) is 4.78. The van der Waals surface area contributed by atoms with Gasteiger partial charge in [-0.25, -0.2) is 0 Å². The van der Waals surface area contributed by atoms with Crippen molar-refractivity contribution in [2.45, 2.75) is 31.2 Å². The maximum atomic E-state index is 12.6. The molecule has 0 saturated carbocycles. The molecule has 0 bridgehead atoms. The molecule has 1 saturated heterocycles. The maximum Gasteiger partial charge on any atom is 0.416 e. The summed E-state index contributed by atoms with van der Waals surface area (Å²) in [4.78, 5) is 0. The van der Waals surface area contributed by atoms with Crippen LogP contribution >= 0.6 is 0 Å². The number of hydrogen-bond acceptors (Lipinski definition) is 3. The summed E-state index contributed by atoms with van der Waals surface area (Å²) in [6.45, 7) is 0.498. The standard InChI is InChI=1S/C18H18F3NO2/c19-18(20,21)13-4-6-14(7-5-13)23-15-3-1-2-12(10-15)17-9-8-16(11-22)24-17/h1-7,10,16-17H,8-9,11,22H2. The fourth-order valence-corrected chi connectivity index (χ4v) is 2.75. The maximum absolute atomic E-state index is 12.6. The summed E-state index contributed by atoms with van der Waals surface area (Å²) in [5, 5.41) is 0. The summed E-state index contributed by atoms with van der Waals surface area (Å²) < 4.78 is 49.2. The zero-order chi connectivity index (χ0) is 17.2. The van der Waals surface area contributed by atoms with Gasteiger partial charge in [0.15, 0.2) is 0 Å². The van der Waals surface area contributed by atoms with Crippen LogP contribution in [-0.4, -0.2) is 12.6 Å². The van der Waals surface area contributed by atoms with Crippen molar-refractivity contribution in [3.63, 3.8) is 0 Å². The molecule has 2 aromatic rings. The first-order chi connectivity index (χ1) is 11.5. The molecule has 0 amide bonds. The van der Waals surface area contributed by atoms with Crippen molar-refractivity contribution in [1.29, 1.82) is 0 Å². The lowest BCUT2D eigenvalue weighted by atomic mass is 10.1. The lowest BCUT2D eigenvalue weighted by Crippen LogP contribution is -2.18. The van der Waals surface area contributed by atoms with Crippen molar-refractivity contribution in [1.82, 2.24) is 0 Å². The van der Waals surface area contributed by atoms with Crippen LogP contribution in [0.1, 0.15) is 30.1 Å². The summed E-state index contributed by atoms with van der Waals surface area (Å²) >= 11 is 0. The molecule has 0 aliphatic carbocycles. The van der Waals surface area contributed by atoms with Crippen molar-refractivity contribution in [3.05, 3.63) is 59.7 Å². The highest BCUT2D eigenvalue weighted by Crippen LogP contribution is 2.35. The van der Waals surface area contributed by atoms with Gasteiger partial charge in [-0.15, -0.1) is 0 Å². The fraction of sp³-hybridized carbons (Fsp3) is 0.333. The molecule has 24 heavy (non-hydrogen) atoms. The number of alkyl halides is 3. The third-order valence-electron chi connectivity index (χ3n) is 4.02. The van der Waals surface area contributed by atoms with E-state index in [1.54, 1.807) is 6.07 Å². The van der Waals surface area contributed by atoms with Crippen LogP contribution in [0.5, 0.6) is 11.5 Å². The molecule has 0 radical (unpaired) electrons. The summed E-state index contributed by atoms with van der Waals surface area (Å²) in [5.74, 6) is 0.916. The number of hydrogen-bond donors (Lipinski definition) is 1. The second kappa shape index (κ2) is 6.83. The van der Waals surface area contributed by atoms with Gasteiger partial charge in [-0.2, -0.15) is 13.2 Å². The van der Waals surface area contributed by atoms with Gasteiger partial charge in [0.1, 0.15) is 11.5 Å². The van der Waals surface area contributed by atoms with Crippen molar-refractivity contribution >= 4 is 0 Å². The van der Waals surface area contributed by atoms with E-state index in [0.29, 0.717) is 18.0 Å². The van der Waals surface area contributed by atoms with Gasteiger partial charge in [0.05, 0.1) is 17.8 Å². The van der Waals surface area contributed by atoms with Crippen molar-refractivity contribution in [2.75, 3.05) is 6.54 Å². The highest BCUT2D eigenvalue weighted by molar-refractivity contribution is 5.36. The van der Waals surface area contributed by atoms with Gasteiger partial charge in [0.2, 0.25) is 0 Å². The molecule has 0 aromatic heterocycles. The molecule has 1 fully saturated rings. The van der Waals surface area contributed by atoms with Crippen molar-refractivity contribution in [3.8, 4) is 11.5 Å². The minimum absolute atomic E-state index is 0.0188. The van der Waals surface area contributed by atoms with Crippen LogP contribution < -0.4 is 10.5 Å². The Morgan fingerprint density at radius 1 is 1.04 bits per heavy atom. The van der Waals surface area contributed by atoms with Gasteiger partial charge >= 0.3 is 6.18 Å². The molecular formula is C18H18F3NO2. The Balaban J connectivity index is 1.71. The molecule has 0 spiro atoms. The fourth-order valence-electron chi connectivity index (χ4n) is 2.75. The topological polar surface area (TPSA) is 44.5 Å².